The third kappa shape index (κ3) is 19.4. The minimum atomic E-state index is 0.000300. The van der Waals surface area contributed by atoms with Gasteiger partial charge in [0.25, 0.3) is 0 Å². The molecule has 0 N–H and O–H groups in total. The molecule has 0 bridgehead atoms. The van der Waals surface area contributed by atoms with Crippen LogP contribution in [0.2, 0.25) is 0 Å². The maximum atomic E-state index is 11.6. The van der Waals surface area contributed by atoms with Gasteiger partial charge >= 0.3 is 5.97 Å². The van der Waals surface area contributed by atoms with E-state index in [-0.39, 0.29) is 5.97 Å². The summed E-state index contributed by atoms with van der Waals surface area (Å²) in [7, 11) is 0. The van der Waals surface area contributed by atoms with Crippen LogP contribution in [-0.2, 0) is 9.53 Å². The van der Waals surface area contributed by atoms with Crippen molar-refractivity contribution in [1.29, 1.82) is 0 Å². The lowest BCUT2D eigenvalue weighted by Gasteiger charge is -2.17. The van der Waals surface area contributed by atoms with Gasteiger partial charge < -0.3 is 4.74 Å². The van der Waals surface area contributed by atoms with Gasteiger partial charge in [-0.05, 0) is 31.1 Å². The van der Waals surface area contributed by atoms with Crippen LogP contribution in [0.3, 0.4) is 0 Å². The van der Waals surface area contributed by atoms with Crippen molar-refractivity contribution in [3.63, 3.8) is 0 Å². The van der Waals surface area contributed by atoms with E-state index in [0.717, 1.165) is 19.3 Å². The molecule has 0 rings (SSSR count). The fraction of sp³-hybridized carbons (Fsp3) is 0.952. The highest BCUT2D eigenvalue weighted by molar-refractivity contribution is 5.69. The second kappa shape index (κ2) is 15.0. The Morgan fingerprint density at radius 3 is 1.78 bits per heavy atom. The zero-order valence-electron chi connectivity index (χ0n) is 16.4. The van der Waals surface area contributed by atoms with Crippen molar-refractivity contribution in [2.24, 2.45) is 5.41 Å². The summed E-state index contributed by atoms with van der Waals surface area (Å²) in [6.45, 7) is 9.63. The lowest BCUT2D eigenvalue weighted by Crippen LogP contribution is -2.08. The monoisotopic (exact) mass is 326 g/mol. The zero-order chi connectivity index (χ0) is 17.4. The molecular weight excluding hydrogens is 284 g/mol. The van der Waals surface area contributed by atoms with Crippen LogP contribution < -0.4 is 0 Å². The molecule has 0 radical (unpaired) electrons. The summed E-state index contributed by atoms with van der Waals surface area (Å²) in [4.78, 5) is 11.6. The highest BCUT2D eigenvalue weighted by Crippen LogP contribution is 2.21. The van der Waals surface area contributed by atoms with Gasteiger partial charge in [-0.2, -0.15) is 0 Å². The normalized spacial score (nSPS) is 11.7. The molecule has 23 heavy (non-hydrogen) atoms. The second-order valence-corrected chi connectivity index (χ2v) is 8.17. The Hall–Kier alpha value is -0.530. The van der Waals surface area contributed by atoms with Gasteiger partial charge in [0.1, 0.15) is 0 Å². The number of esters is 1. The number of hydrogen-bond donors (Lipinski definition) is 0. The predicted octanol–water partition coefficient (Wildman–Crippen LogP) is 7.06. The standard InChI is InChI=1S/C21H42O2/c1-5-6-7-8-9-10-11-12-13-14-17-20(22)23-19-16-15-18-21(2,3)4/h5-19H2,1-4H3. The van der Waals surface area contributed by atoms with E-state index in [1.54, 1.807) is 0 Å². The molecule has 2 heteroatoms. The summed E-state index contributed by atoms with van der Waals surface area (Å²) in [6, 6.07) is 0. The quantitative estimate of drug-likeness (QED) is 0.238. The number of carbonyl (C=O) groups is 1. The molecule has 0 aliphatic rings. The lowest BCUT2D eigenvalue weighted by molar-refractivity contribution is -0.143. The summed E-state index contributed by atoms with van der Waals surface area (Å²) >= 11 is 0. The molecule has 0 atom stereocenters. The maximum absolute atomic E-state index is 11.6. The highest BCUT2D eigenvalue weighted by atomic mass is 16.5. The van der Waals surface area contributed by atoms with Crippen molar-refractivity contribution < 1.29 is 9.53 Å². The smallest absolute Gasteiger partial charge is 0.305 e. The van der Waals surface area contributed by atoms with Crippen LogP contribution in [0.5, 0.6) is 0 Å². The molecule has 2 nitrogen and oxygen atoms in total. The van der Waals surface area contributed by atoms with Crippen LogP contribution in [0, 0.1) is 5.41 Å². The number of hydrogen-bond acceptors (Lipinski definition) is 2. The van der Waals surface area contributed by atoms with Gasteiger partial charge in [0.2, 0.25) is 0 Å². The van der Waals surface area contributed by atoms with Gasteiger partial charge in [0.05, 0.1) is 6.61 Å². The molecule has 138 valence electrons. The van der Waals surface area contributed by atoms with Gasteiger partial charge in [-0.25, -0.2) is 0 Å². The molecule has 0 aromatic heterocycles. The largest absolute Gasteiger partial charge is 0.466 e. The first-order valence-electron chi connectivity index (χ1n) is 10.1. The summed E-state index contributed by atoms with van der Waals surface area (Å²) in [5.41, 5.74) is 0.389. The van der Waals surface area contributed by atoms with Gasteiger partial charge in [-0.15, -0.1) is 0 Å². The van der Waals surface area contributed by atoms with E-state index in [1.165, 1.54) is 64.2 Å². The Morgan fingerprint density at radius 1 is 0.739 bits per heavy atom. The lowest BCUT2D eigenvalue weighted by atomic mass is 9.90. The summed E-state index contributed by atoms with van der Waals surface area (Å²) < 4.78 is 5.30. The van der Waals surface area contributed by atoms with Crippen LogP contribution in [-0.4, -0.2) is 12.6 Å². The van der Waals surface area contributed by atoms with E-state index in [4.69, 9.17) is 4.74 Å². The SMILES string of the molecule is CCCCCCCCCCCCC(=O)OCCCCC(C)(C)C. The molecule has 0 aromatic rings. The van der Waals surface area contributed by atoms with E-state index in [2.05, 4.69) is 27.7 Å². The molecule has 0 aliphatic heterocycles. The van der Waals surface area contributed by atoms with Crippen LogP contribution in [0.1, 0.15) is 118 Å². The number of unbranched alkanes of at least 4 members (excludes halogenated alkanes) is 10. The van der Waals surface area contributed by atoms with E-state index in [1.807, 2.05) is 0 Å². The highest BCUT2D eigenvalue weighted by Gasteiger charge is 2.09. The number of ether oxygens (including phenoxy) is 1. The molecule has 0 saturated carbocycles. The van der Waals surface area contributed by atoms with Crippen molar-refractivity contribution in [3.8, 4) is 0 Å². The van der Waals surface area contributed by atoms with Crippen molar-refractivity contribution >= 4 is 5.97 Å². The molecule has 0 aromatic carbocycles. The van der Waals surface area contributed by atoms with Gasteiger partial charge in [-0.3, -0.25) is 4.79 Å². The summed E-state index contributed by atoms with van der Waals surface area (Å²) in [5, 5.41) is 0. The topological polar surface area (TPSA) is 26.3 Å². The van der Waals surface area contributed by atoms with Crippen molar-refractivity contribution in [3.05, 3.63) is 0 Å². The van der Waals surface area contributed by atoms with E-state index >= 15 is 0 Å². The molecule has 0 aliphatic carbocycles. The zero-order valence-corrected chi connectivity index (χ0v) is 16.4. The maximum Gasteiger partial charge on any atom is 0.305 e. The fourth-order valence-corrected chi connectivity index (χ4v) is 2.77. The first-order valence-corrected chi connectivity index (χ1v) is 10.1. The molecular formula is C21H42O2. The summed E-state index contributed by atoms with van der Waals surface area (Å²) in [6.07, 6.45) is 17.0. The van der Waals surface area contributed by atoms with Crippen molar-refractivity contribution in [2.45, 2.75) is 118 Å². The number of carbonyl (C=O) groups excluding carboxylic acids is 1. The molecule has 0 amide bonds. The van der Waals surface area contributed by atoms with Gasteiger partial charge in [0.15, 0.2) is 0 Å². The Bertz CT molecular complexity index is 266. The molecule has 0 unspecified atom stereocenters. The average molecular weight is 327 g/mol. The Balaban J connectivity index is 3.22. The molecule has 0 fully saturated rings. The third-order valence-electron chi connectivity index (χ3n) is 4.32. The van der Waals surface area contributed by atoms with Crippen molar-refractivity contribution in [1.82, 2.24) is 0 Å². The van der Waals surface area contributed by atoms with Gasteiger partial charge in [-0.1, -0.05) is 85.5 Å². The molecule has 0 saturated heterocycles. The van der Waals surface area contributed by atoms with Crippen LogP contribution in [0.4, 0.5) is 0 Å². The van der Waals surface area contributed by atoms with E-state index in [9.17, 15) is 4.79 Å². The van der Waals surface area contributed by atoms with Crippen LogP contribution in [0.25, 0.3) is 0 Å². The van der Waals surface area contributed by atoms with Gasteiger partial charge in [0, 0.05) is 6.42 Å². The third-order valence-corrected chi connectivity index (χ3v) is 4.32. The Morgan fingerprint density at radius 2 is 1.26 bits per heavy atom. The molecule has 0 heterocycles. The van der Waals surface area contributed by atoms with Crippen LogP contribution >= 0.6 is 0 Å². The van der Waals surface area contributed by atoms with Crippen LogP contribution in [0.15, 0.2) is 0 Å². The first kappa shape index (κ1) is 22.5. The van der Waals surface area contributed by atoms with E-state index in [0.29, 0.717) is 18.4 Å². The number of rotatable bonds is 15. The molecule has 0 spiro atoms. The average Bonchev–Trinajstić information content (AvgIpc) is 2.47. The van der Waals surface area contributed by atoms with Crippen molar-refractivity contribution in [2.75, 3.05) is 6.61 Å². The Labute approximate surface area is 145 Å². The minimum absolute atomic E-state index is 0.000300. The minimum Gasteiger partial charge on any atom is -0.466 e. The summed E-state index contributed by atoms with van der Waals surface area (Å²) in [5.74, 6) is 0.000300. The predicted molar refractivity (Wildman–Crippen MR) is 101 cm³/mol. The fourth-order valence-electron chi connectivity index (χ4n) is 2.77. The van der Waals surface area contributed by atoms with E-state index < -0.39 is 0 Å². The second-order valence-electron chi connectivity index (χ2n) is 8.17. The Kier molecular flexibility index (Phi) is 14.7. The first-order chi connectivity index (χ1) is 11.0.